The number of hydrogen-bond acceptors (Lipinski definition) is 3. The van der Waals surface area contributed by atoms with Crippen molar-refractivity contribution < 1.29 is 8.42 Å². The summed E-state index contributed by atoms with van der Waals surface area (Å²) in [5.41, 5.74) is 1.68. The standard InChI is InChI=1S/C19H16ClNO2S2/c20-16-11-12-18(21-25(22,23)17-9-5-2-6-10-17)19(13-16)24-14-15-7-3-1-4-8-15/h1-13,21H,14H2. The number of nitrogens with one attached hydrogen (secondary N) is 1. The molecule has 0 aliphatic carbocycles. The van der Waals surface area contributed by atoms with Crippen LogP contribution in [0.1, 0.15) is 5.56 Å². The molecule has 0 fully saturated rings. The van der Waals surface area contributed by atoms with Gasteiger partial charge in [-0.15, -0.1) is 11.8 Å². The van der Waals surface area contributed by atoms with Gasteiger partial charge in [0.25, 0.3) is 10.0 Å². The van der Waals surface area contributed by atoms with Crippen LogP contribution in [0.2, 0.25) is 5.02 Å². The predicted octanol–water partition coefficient (Wildman–Crippen LogP) is 5.43. The molecule has 0 atom stereocenters. The first-order valence-corrected chi connectivity index (χ1v) is 10.4. The Morgan fingerprint density at radius 2 is 1.52 bits per heavy atom. The Morgan fingerprint density at radius 1 is 0.880 bits per heavy atom. The molecular formula is C19H16ClNO2S2. The van der Waals surface area contributed by atoms with Crippen molar-refractivity contribution in [1.82, 2.24) is 0 Å². The van der Waals surface area contributed by atoms with Crippen LogP contribution in [0, 0.1) is 0 Å². The van der Waals surface area contributed by atoms with E-state index in [1.807, 2.05) is 30.3 Å². The summed E-state index contributed by atoms with van der Waals surface area (Å²) in [6.07, 6.45) is 0. The highest BCUT2D eigenvalue weighted by molar-refractivity contribution is 7.98. The first kappa shape index (κ1) is 17.9. The topological polar surface area (TPSA) is 46.2 Å². The highest BCUT2D eigenvalue weighted by Crippen LogP contribution is 2.33. The first-order chi connectivity index (χ1) is 12.0. The van der Waals surface area contributed by atoms with Crippen LogP contribution in [0.15, 0.2) is 88.7 Å². The quantitative estimate of drug-likeness (QED) is 0.571. The number of benzene rings is 3. The summed E-state index contributed by atoms with van der Waals surface area (Å²) in [6, 6.07) is 23.4. The van der Waals surface area contributed by atoms with E-state index >= 15 is 0 Å². The molecular weight excluding hydrogens is 374 g/mol. The van der Waals surface area contributed by atoms with Crippen molar-refractivity contribution in [1.29, 1.82) is 0 Å². The zero-order chi connectivity index (χ0) is 17.7. The second-order valence-corrected chi connectivity index (χ2v) is 8.47. The highest BCUT2D eigenvalue weighted by atomic mass is 35.5. The molecule has 0 aliphatic rings. The van der Waals surface area contributed by atoms with Crippen molar-refractivity contribution in [2.45, 2.75) is 15.5 Å². The zero-order valence-corrected chi connectivity index (χ0v) is 15.6. The zero-order valence-electron chi connectivity index (χ0n) is 13.2. The Kier molecular flexibility index (Phi) is 5.68. The van der Waals surface area contributed by atoms with Crippen molar-refractivity contribution in [3.8, 4) is 0 Å². The lowest BCUT2D eigenvalue weighted by Gasteiger charge is -2.13. The van der Waals surface area contributed by atoms with E-state index in [1.54, 1.807) is 48.5 Å². The fourth-order valence-corrected chi connectivity index (χ4v) is 4.64. The Bertz CT molecular complexity index is 946. The van der Waals surface area contributed by atoms with E-state index in [-0.39, 0.29) is 4.90 Å². The molecule has 1 N–H and O–H groups in total. The average Bonchev–Trinajstić information content (AvgIpc) is 2.63. The molecule has 0 unspecified atom stereocenters. The molecule has 0 amide bonds. The van der Waals surface area contributed by atoms with E-state index < -0.39 is 10.0 Å². The smallest absolute Gasteiger partial charge is 0.261 e. The van der Waals surface area contributed by atoms with Gasteiger partial charge in [0.2, 0.25) is 0 Å². The largest absolute Gasteiger partial charge is 0.278 e. The van der Waals surface area contributed by atoms with E-state index in [0.717, 1.165) is 16.2 Å². The number of sulfonamides is 1. The molecule has 0 radical (unpaired) electrons. The third-order valence-corrected chi connectivity index (χ3v) is 6.22. The minimum atomic E-state index is -3.64. The number of anilines is 1. The fraction of sp³-hybridized carbons (Fsp3) is 0.0526. The monoisotopic (exact) mass is 389 g/mol. The van der Waals surface area contributed by atoms with Gasteiger partial charge in [-0.3, -0.25) is 4.72 Å². The van der Waals surface area contributed by atoms with Crippen molar-refractivity contribution >= 4 is 39.1 Å². The predicted molar refractivity (Wildman–Crippen MR) is 105 cm³/mol. The third-order valence-electron chi connectivity index (χ3n) is 3.48. The van der Waals surface area contributed by atoms with Crippen molar-refractivity contribution in [2.75, 3.05) is 4.72 Å². The maximum atomic E-state index is 12.6. The molecule has 0 saturated heterocycles. The normalized spacial score (nSPS) is 11.2. The minimum Gasteiger partial charge on any atom is -0.278 e. The molecule has 0 bridgehead atoms. The SMILES string of the molecule is O=S(=O)(Nc1ccc(Cl)cc1SCc1ccccc1)c1ccccc1. The molecule has 25 heavy (non-hydrogen) atoms. The summed E-state index contributed by atoms with van der Waals surface area (Å²) in [6.45, 7) is 0. The van der Waals surface area contributed by atoms with Gasteiger partial charge < -0.3 is 0 Å². The second-order valence-electron chi connectivity index (χ2n) is 5.33. The van der Waals surface area contributed by atoms with Crippen LogP contribution >= 0.6 is 23.4 Å². The van der Waals surface area contributed by atoms with Crippen molar-refractivity contribution in [3.05, 3.63) is 89.4 Å². The lowest BCUT2D eigenvalue weighted by Crippen LogP contribution is -2.13. The van der Waals surface area contributed by atoms with Crippen LogP contribution in [-0.4, -0.2) is 8.42 Å². The Balaban J connectivity index is 1.84. The number of rotatable bonds is 6. The van der Waals surface area contributed by atoms with Gasteiger partial charge in [-0.05, 0) is 35.9 Å². The molecule has 3 nitrogen and oxygen atoms in total. The van der Waals surface area contributed by atoms with Gasteiger partial charge in [-0.1, -0.05) is 60.1 Å². The van der Waals surface area contributed by atoms with Gasteiger partial charge in [0.05, 0.1) is 10.6 Å². The molecule has 0 spiro atoms. The molecule has 3 aromatic carbocycles. The molecule has 3 rings (SSSR count). The lowest BCUT2D eigenvalue weighted by molar-refractivity contribution is 0.601. The van der Waals surface area contributed by atoms with Crippen LogP contribution in [0.4, 0.5) is 5.69 Å². The molecule has 6 heteroatoms. The Hall–Kier alpha value is -1.95. The van der Waals surface area contributed by atoms with Gasteiger partial charge in [0, 0.05) is 15.7 Å². The maximum Gasteiger partial charge on any atom is 0.261 e. The first-order valence-electron chi connectivity index (χ1n) is 7.59. The number of halogens is 1. The van der Waals surface area contributed by atoms with Crippen molar-refractivity contribution in [3.63, 3.8) is 0 Å². The Labute approximate surface area is 157 Å². The lowest BCUT2D eigenvalue weighted by atomic mass is 10.2. The van der Waals surface area contributed by atoms with E-state index in [2.05, 4.69) is 4.72 Å². The highest BCUT2D eigenvalue weighted by Gasteiger charge is 2.16. The molecule has 0 heterocycles. The maximum absolute atomic E-state index is 12.6. The summed E-state index contributed by atoms with van der Waals surface area (Å²) in [4.78, 5) is 1.01. The average molecular weight is 390 g/mol. The molecule has 0 aromatic heterocycles. The van der Waals surface area contributed by atoms with E-state index in [1.165, 1.54) is 11.8 Å². The summed E-state index contributed by atoms with van der Waals surface area (Å²) < 4.78 is 27.8. The Morgan fingerprint density at radius 3 is 2.20 bits per heavy atom. The van der Waals surface area contributed by atoms with Crippen LogP contribution in [0.25, 0.3) is 0 Å². The minimum absolute atomic E-state index is 0.226. The molecule has 0 saturated carbocycles. The van der Waals surface area contributed by atoms with Gasteiger partial charge in [-0.2, -0.15) is 0 Å². The van der Waals surface area contributed by atoms with Crippen LogP contribution in [0.3, 0.4) is 0 Å². The van der Waals surface area contributed by atoms with E-state index in [0.29, 0.717) is 10.7 Å². The van der Waals surface area contributed by atoms with E-state index in [9.17, 15) is 8.42 Å². The van der Waals surface area contributed by atoms with Crippen LogP contribution in [0.5, 0.6) is 0 Å². The third kappa shape index (κ3) is 4.78. The number of hydrogen-bond donors (Lipinski definition) is 1. The molecule has 3 aromatic rings. The molecule has 0 aliphatic heterocycles. The summed E-state index contributed by atoms with van der Waals surface area (Å²) >= 11 is 7.64. The van der Waals surface area contributed by atoms with Crippen LogP contribution < -0.4 is 4.72 Å². The summed E-state index contributed by atoms with van der Waals surface area (Å²) in [5, 5.41) is 0.568. The fourth-order valence-electron chi connectivity index (χ4n) is 2.24. The van der Waals surface area contributed by atoms with Gasteiger partial charge >= 0.3 is 0 Å². The van der Waals surface area contributed by atoms with Crippen LogP contribution in [-0.2, 0) is 15.8 Å². The number of thioether (sulfide) groups is 1. The van der Waals surface area contributed by atoms with Gasteiger partial charge in [-0.25, -0.2) is 8.42 Å². The van der Waals surface area contributed by atoms with E-state index in [4.69, 9.17) is 11.6 Å². The van der Waals surface area contributed by atoms with Crippen molar-refractivity contribution in [2.24, 2.45) is 0 Å². The summed E-state index contributed by atoms with van der Waals surface area (Å²) in [7, 11) is -3.64. The van der Waals surface area contributed by atoms with Gasteiger partial charge in [0.15, 0.2) is 0 Å². The molecule has 128 valence electrons. The van der Waals surface area contributed by atoms with Gasteiger partial charge in [0.1, 0.15) is 0 Å². The summed E-state index contributed by atoms with van der Waals surface area (Å²) in [5.74, 6) is 0.723. The second kappa shape index (κ2) is 7.95.